The molecule has 0 nitrogen and oxygen atoms in total. The minimum atomic E-state index is -0.530. The van der Waals surface area contributed by atoms with Gasteiger partial charge in [-0.1, -0.05) is 39.5 Å². The normalized spacial score (nSPS) is 49.5. The molecule has 0 radical (unpaired) electrons. The van der Waals surface area contributed by atoms with Crippen LogP contribution in [0.15, 0.2) is 0 Å². The van der Waals surface area contributed by atoms with Crippen LogP contribution in [0.1, 0.15) is 52.4 Å². The number of rotatable bonds is 0. The van der Waals surface area contributed by atoms with Gasteiger partial charge in [0.1, 0.15) is 6.17 Å². The van der Waals surface area contributed by atoms with E-state index in [0.29, 0.717) is 17.8 Å². The molecule has 5 atom stereocenters. The van der Waals surface area contributed by atoms with Crippen molar-refractivity contribution in [3.8, 4) is 0 Å². The topological polar surface area (TPSA) is 0 Å². The standard InChI is InChI=1S/C13H23F/c1-9-7-11-5-3-4-6-12(11)8-13(14)10(9)2/h9-13H,3-8H2,1-2H3/t9?,10?,11?,12?,13-/m1/s1. The third-order valence-corrected chi connectivity index (χ3v) is 4.74. The first-order valence-electron chi connectivity index (χ1n) is 6.32. The van der Waals surface area contributed by atoms with Crippen LogP contribution < -0.4 is 0 Å². The van der Waals surface area contributed by atoms with Crippen molar-refractivity contribution in [3.63, 3.8) is 0 Å². The second-order valence-electron chi connectivity index (χ2n) is 5.63. The fourth-order valence-electron chi connectivity index (χ4n) is 3.46. The summed E-state index contributed by atoms with van der Waals surface area (Å²) in [6, 6.07) is 0. The maximum Gasteiger partial charge on any atom is 0.103 e. The molecule has 0 aromatic rings. The predicted octanol–water partition coefficient (Wildman–Crippen LogP) is 4.20. The van der Waals surface area contributed by atoms with Gasteiger partial charge in [0, 0.05) is 0 Å². The van der Waals surface area contributed by atoms with E-state index < -0.39 is 6.17 Å². The summed E-state index contributed by atoms with van der Waals surface area (Å²) >= 11 is 0. The molecule has 2 fully saturated rings. The summed E-state index contributed by atoms with van der Waals surface area (Å²) in [5, 5.41) is 0. The van der Waals surface area contributed by atoms with Crippen molar-refractivity contribution >= 4 is 0 Å². The first-order valence-corrected chi connectivity index (χ1v) is 6.32. The second-order valence-corrected chi connectivity index (χ2v) is 5.63. The molecule has 2 aliphatic carbocycles. The van der Waals surface area contributed by atoms with Crippen molar-refractivity contribution < 1.29 is 4.39 Å². The Morgan fingerprint density at radius 2 is 1.50 bits per heavy atom. The van der Waals surface area contributed by atoms with E-state index in [-0.39, 0.29) is 0 Å². The minimum absolute atomic E-state index is 0.292. The molecule has 2 saturated carbocycles. The summed E-state index contributed by atoms with van der Waals surface area (Å²) in [6.45, 7) is 4.35. The van der Waals surface area contributed by atoms with Gasteiger partial charge in [-0.3, -0.25) is 0 Å². The van der Waals surface area contributed by atoms with E-state index in [1.807, 2.05) is 0 Å². The molecule has 0 spiro atoms. The highest BCUT2D eigenvalue weighted by molar-refractivity contribution is 4.86. The molecule has 14 heavy (non-hydrogen) atoms. The van der Waals surface area contributed by atoms with Crippen LogP contribution in [0, 0.1) is 23.7 Å². The Balaban J connectivity index is 2.07. The van der Waals surface area contributed by atoms with Gasteiger partial charge in [-0.05, 0) is 36.5 Å². The van der Waals surface area contributed by atoms with E-state index in [4.69, 9.17) is 0 Å². The minimum Gasteiger partial charge on any atom is -0.247 e. The monoisotopic (exact) mass is 198 g/mol. The van der Waals surface area contributed by atoms with Gasteiger partial charge >= 0.3 is 0 Å². The summed E-state index contributed by atoms with van der Waals surface area (Å²) in [7, 11) is 0. The van der Waals surface area contributed by atoms with E-state index in [2.05, 4.69) is 13.8 Å². The van der Waals surface area contributed by atoms with Crippen molar-refractivity contribution in [2.75, 3.05) is 0 Å². The lowest BCUT2D eigenvalue weighted by molar-refractivity contribution is 0.168. The first-order chi connectivity index (χ1) is 6.68. The number of fused-ring (bicyclic) bond motifs is 1. The van der Waals surface area contributed by atoms with Crippen LogP contribution in [0.4, 0.5) is 4.39 Å². The molecule has 0 N–H and O–H groups in total. The average molecular weight is 198 g/mol. The molecule has 2 aliphatic rings. The van der Waals surface area contributed by atoms with Crippen LogP contribution >= 0.6 is 0 Å². The fraction of sp³-hybridized carbons (Fsp3) is 1.00. The Hall–Kier alpha value is -0.0700. The van der Waals surface area contributed by atoms with Gasteiger partial charge in [-0.25, -0.2) is 4.39 Å². The molecule has 82 valence electrons. The third-order valence-electron chi connectivity index (χ3n) is 4.74. The summed E-state index contributed by atoms with van der Waals surface area (Å²) in [6.07, 6.45) is 7.01. The zero-order valence-electron chi connectivity index (χ0n) is 9.51. The molecule has 0 saturated heterocycles. The van der Waals surface area contributed by atoms with Crippen molar-refractivity contribution in [3.05, 3.63) is 0 Å². The number of halogens is 1. The molecule has 1 heteroatoms. The van der Waals surface area contributed by atoms with Crippen molar-refractivity contribution in [2.24, 2.45) is 23.7 Å². The lowest BCUT2D eigenvalue weighted by Crippen LogP contribution is -2.20. The van der Waals surface area contributed by atoms with Gasteiger partial charge in [0.15, 0.2) is 0 Å². The lowest BCUT2D eigenvalue weighted by atomic mass is 9.75. The maximum atomic E-state index is 13.9. The molecule has 0 bridgehead atoms. The largest absolute Gasteiger partial charge is 0.247 e. The Kier molecular flexibility index (Phi) is 3.14. The fourth-order valence-corrected chi connectivity index (χ4v) is 3.46. The molecule has 0 aromatic carbocycles. The van der Waals surface area contributed by atoms with E-state index in [1.165, 1.54) is 32.1 Å². The van der Waals surface area contributed by atoms with Crippen molar-refractivity contribution in [2.45, 2.75) is 58.5 Å². The average Bonchev–Trinajstić information content (AvgIpc) is 2.28. The summed E-state index contributed by atoms with van der Waals surface area (Å²) in [5.41, 5.74) is 0. The number of alkyl halides is 1. The van der Waals surface area contributed by atoms with Gasteiger partial charge in [0.2, 0.25) is 0 Å². The Morgan fingerprint density at radius 1 is 0.929 bits per heavy atom. The van der Waals surface area contributed by atoms with E-state index in [1.54, 1.807) is 0 Å². The van der Waals surface area contributed by atoms with Crippen LogP contribution in [-0.2, 0) is 0 Å². The van der Waals surface area contributed by atoms with Gasteiger partial charge in [0.25, 0.3) is 0 Å². The summed E-state index contributed by atoms with van der Waals surface area (Å²) in [5.74, 6) is 2.45. The molecule has 4 unspecified atom stereocenters. The van der Waals surface area contributed by atoms with E-state index >= 15 is 0 Å². The number of hydrogen-bond acceptors (Lipinski definition) is 0. The third kappa shape index (κ3) is 1.97. The molecule has 0 amide bonds. The quantitative estimate of drug-likeness (QED) is 0.547. The van der Waals surface area contributed by atoms with Gasteiger partial charge in [0.05, 0.1) is 0 Å². The molecule has 0 aliphatic heterocycles. The zero-order chi connectivity index (χ0) is 10.1. The highest BCUT2D eigenvalue weighted by Gasteiger charge is 2.36. The van der Waals surface area contributed by atoms with Gasteiger partial charge in [-0.2, -0.15) is 0 Å². The van der Waals surface area contributed by atoms with E-state index in [9.17, 15) is 4.39 Å². The Labute approximate surface area is 87.3 Å². The zero-order valence-corrected chi connectivity index (χ0v) is 9.51. The SMILES string of the molecule is CC1CC2CCCCC2C[C@@H](F)C1C. The van der Waals surface area contributed by atoms with Gasteiger partial charge < -0.3 is 0 Å². The Bertz CT molecular complexity index is 170. The molecule has 2 rings (SSSR count). The summed E-state index contributed by atoms with van der Waals surface area (Å²) < 4.78 is 13.9. The maximum absolute atomic E-state index is 13.9. The van der Waals surface area contributed by atoms with Crippen LogP contribution in [0.3, 0.4) is 0 Å². The highest BCUT2D eigenvalue weighted by Crippen LogP contribution is 2.43. The van der Waals surface area contributed by atoms with Crippen molar-refractivity contribution in [1.29, 1.82) is 0 Å². The first kappa shape index (κ1) is 10.4. The van der Waals surface area contributed by atoms with Crippen LogP contribution in [-0.4, -0.2) is 6.17 Å². The van der Waals surface area contributed by atoms with Crippen LogP contribution in [0.5, 0.6) is 0 Å². The van der Waals surface area contributed by atoms with E-state index in [0.717, 1.165) is 12.3 Å². The van der Waals surface area contributed by atoms with Crippen LogP contribution in [0.25, 0.3) is 0 Å². The second kappa shape index (κ2) is 4.20. The lowest BCUT2D eigenvalue weighted by Gasteiger charge is -2.30. The van der Waals surface area contributed by atoms with Crippen molar-refractivity contribution in [1.82, 2.24) is 0 Å². The molecular formula is C13H23F. The smallest absolute Gasteiger partial charge is 0.103 e. The molecule has 0 aromatic heterocycles. The van der Waals surface area contributed by atoms with Gasteiger partial charge in [-0.15, -0.1) is 0 Å². The van der Waals surface area contributed by atoms with Crippen LogP contribution in [0.2, 0.25) is 0 Å². The summed E-state index contributed by atoms with van der Waals surface area (Å²) in [4.78, 5) is 0. The Morgan fingerprint density at radius 3 is 2.14 bits per heavy atom. The molecule has 0 heterocycles. The predicted molar refractivity (Wildman–Crippen MR) is 57.9 cm³/mol. The molecular weight excluding hydrogens is 175 g/mol. The highest BCUT2D eigenvalue weighted by atomic mass is 19.1. The number of hydrogen-bond donors (Lipinski definition) is 0.